The number of benzene rings is 1. The van der Waals surface area contributed by atoms with Crippen LogP contribution < -0.4 is 15.4 Å². The summed E-state index contributed by atoms with van der Waals surface area (Å²) in [6.07, 6.45) is 4.11. The summed E-state index contributed by atoms with van der Waals surface area (Å²) in [5.41, 5.74) is 5.72. The van der Waals surface area contributed by atoms with Gasteiger partial charge in [-0.2, -0.15) is 5.26 Å². The van der Waals surface area contributed by atoms with Crippen molar-refractivity contribution in [2.45, 2.75) is 65.6 Å². The molecular weight excluding hydrogens is 523 g/mol. The van der Waals surface area contributed by atoms with Crippen LogP contribution in [0, 0.1) is 16.7 Å². The highest BCUT2D eigenvalue weighted by Crippen LogP contribution is 2.40. The van der Waals surface area contributed by atoms with Gasteiger partial charge in [0, 0.05) is 19.7 Å². The van der Waals surface area contributed by atoms with E-state index in [9.17, 15) is 19.2 Å². The summed E-state index contributed by atoms with van der Waals surface area (Å²) < 4.78 is 24.7. The second-order valence-electron chi connectivity index (χ2n) is 10.7. The van der Waals surface area contributed by atoms with Gasteiger partial charge in [0.25, 0.3) is 5.91 Å². The van der Waals surface area contributed by atoms with Crippen LogP contribution in [0.2, 0.25) is 5.02 Å². The summed E-state index contributed by atoms with van der Waals surface area (Å²) in [6, 6.07) is 5.37. The van der Waals surface area contributed by atoms with Gasteiger partial charge in [0.1, 0.15) is 11.4 Å². The second kappa shape index (κ2) is 13.0. The van der Waals surface area contributed by atoms with Crippen molar-refractivity contribution in [1.29, 1.82) is 5.26 Å². The van der Waals surface area contributed by atoms with E-state index in [1.807, 2.05) is 6.92 Å². The second-order valence-corrected chi connectivity index (χ2v) is 11.1. The normalized spacial score (nSPS) is 17.3. The molecule has 0 radical (unpaired) electrons. The van der Waals surface area contributed by atoms with Crippen LogP contribution in [-0.2, 0) is 9.53 Å². The Morgan fingerprint density at radius 3 is 2.59 bits per heavy atom. The zero-order valence-electron chi connectivity index (χ0n) is 23.5. The highest BCUT2D eigenvalue weighted by molar-refractivity contribution is 6.33. The molecular formula is C29H38ClFN4O4. The molecule has 0 aliphatic carbocycles. The Morgan fingerprint density at radius 1 is 1.38 bits per heavy atom. The summed E-state index contributed by atoms with van der Waals surface area (Å²) in [5, 5.41) is 10.3. The Balaban J connectivity index is 2.26. The van der Waals surface area contributed by atoms with Crippen LogP contribution in [0.3, 0.4) is 0 Å². The third-order valence-electron chi connectivity index (χ3n) is 6.42. The Kier molecular flexibility index (Phi) is 10.6. The average Bonchev–Trinajstić information content (AvgIpc) is 2.87. The van der Waals surface area contributed by atoms with Crippen LogP contribution >= 0.6 is 11.6 Å². The molecule has 1 aliphatic rings. The third kappa shape index (κ3) is 8.49. The smallest absolute Gasteiger partial charge is 0.415 e. The number of nitrogen functional groups attached to an aromatic ring is 1. The molecule has 0 saturated carbocycles. The van der Waals surface area contributed by atoms with E-state index in [1.165, 1.54) is 34.9 Å². The fourth-order valence-corrected chi connectivity index (χ4v) is 4.21. The maximum atomic E-state index is 13.5. The lowest BCUT2D eigenvalue weighted by molar-refractivity contribution is -0.137. The lowest BCUT2D eigenvalue weighted by Gasteiger charge is -2.37. The van der Waals surface area contributed by atoms with Crippen LogP contribution in [0.25, 0.3) is 0 Å². The van der Waals surface area contributed by atoms with E-state index in [4.69, 9.17) is 26.8 Å². The molecule has 0 saturated heterocycles. The van der Waals surface area contributed by atoms with Crippen LogP contribution in [0.5, 0.6) is 5.75 Å². The molecule has 39 heavy (non-hydrogen) atoms. The summed E-state index contributed by atoms with van der Waals surface area (Å²) in [5.74, 6) is -0.490. The Hall–Kier alpha value is -3.51. The fourth-order valence-electron chi connectivity index (χ4n) is 4.05. The fraction of sp³-hybridized carbons (Fsp3) is 0.483. The Bertz CT molecular complexity index is 1200. The van der Waals surface area contributed by atoms with Crippen molar-refractivity contribution in [3.05, 3.63) is 53.4 Å². The number of rotatable bonds is 9. The first kappa shape index (κ1) is 31.7. The average molecular weight is 561 g/mol. The number of anilines is 2. The van der Waals surface area contributed by atoms with Crippen molar-refractivity contribution in [3.8, 4) is 11.8 Å². The first-order chi connectivity index (χ1) is 18.1. The summed E-state index contributed by atoms with van der Waals surface area (Å²) in [4.78, 5) is 29.3. The molecule has 1 aliphatic heterocycles. The van der Waals surface area contributed by atoms with Crippen molar-refractivity contribution in [2.24, 2.45) is 5.41 Å². The number of carbonyl (C=O) groups is 2. The van der Waals surface area contributed by atoms with Gasteiger partial charge in [0.2, 0.25) is 0 Å². The predicted octanol–water partition coefficient (Wildman–Crippen LogP) is 6.57. The highest BCUT2D eigenvalue weighted by atomic mass is 35.5. The standard InChI is InChI=1S/C29H38ClFN4O4/c1-8-20(11-10-19(3)31)16-29(9-2,18-32)12-13-34(7)26(36)25-17-35(27(37)39-28(4,5)6)23-14-21(30)22(33)15-24(23)38-25/h8,10-11,14-15,25H,1,9,12-13,16-17,33H2,2-7H3/b19-10+,20-11+. The van der Waals surface area contributed by atoms with Gasteiger partial charge in [-0.15, -0.1) is 0 Å². The van der Waals surface area contributed by atoms with Gasteiger partial charge in [-0.25, -0.2) is 9.18 Å². The summed E-state index contributed by atoms with van der Waals surface area (Å²) in [6.45, 7) is 12.4. The SMILES string of the molecule is C=C/C(=C\C=C(/C)F)CC(C#N)(CC)CCN(C)C(=O)C1CN(C(=O)OC(C)(C)C)c2cc(Cl)c(N)cc2O1. The van der Waals surface area contributed by atoms with E-state index >= 15 is 0 Å². The van der Waals surface area contributed by atoms with Crippen molar-refractivity contribution in [1.82, 2.24) is 4.90 Å². The number of ether oxygens (including phenoxy) is 2. The molecule has 8 nitrogen and oxygen atoms in total. The number of hydrogen-bond acceptors (Lipinski definition) is 6. The van der Waals surface area contributed by atoms with Crippen LogP contribution in [-0.4, -0.2) is 48.7 Å². The van der Waals surface area contributed by atoms with Crippen LogP contribution in [0.1, 0.15) is 53.9 Å². The lowest BCUT2D eigenvalue weighted by Crippen LogP contribution is -2.52. The van der Waals surface area contributed by atoms with Crippen molar-refractivity contribution < 1.29 is 23.5 Å². The molecule has 1 aromatic rings. The highest BCUT2D eigenvalue weighted by Gasteiger charge is 2.38. The number of fused-ring (bicyclic) bond motifs is 1. The molecule has 2 amide bonds. The zero-order valence-corrected chi connectivity index (χ0v) is 24.3. The number of hydrogen-bond donors (Lipinski definition) is 1. The van der Waals surface area contributed by atoms with Gasteiger partial charge in [-0.05, 0) is 64.7 Å². The number of halogens is 2. The first-order valence-electron chi connectivity index (χ1n) is 12.7. The molecule has 1 heterocycles. The number of amides is 2. The van der Waals surface area contributed by atoms with Gasteiger partial charge in [-0.1, -0.05) is 37.3 Å². The molecule has 0 spiro atoms. The topological polar surface area (TPSA) is 109 Å². The number of allylic oxidation sites excluding steroid dienone is 5. The molecule has 0 fully saturated rings. The molecule has 212 valence electrons. The van der Waals surface area contributed by atoms with Gasteiger partial charge in [0.05, 0.1) is 40.3 Å². The van der Waals surface area contributed by atoms with Crippen LogP contribution in [0.15, 0.2) is 48.3 Å². The van der Waals surface area contributed by atoms with Crippen molar-refractivity contribution in [2.75, 3.05) is 30.8 Å². The van der Waals surface area contributed by atoms with E-state index in [2.05, 4.69) is 12.6 Å². The van der Waals surface area contributed by atoms with E-state index in [-0.39, 0.29) is 41.3 Å². The first-order valence-corrected chi connectivity index (χ1v) is 13.1. The molecule has 2 atom stereocenters. The number of carbonyl (C=O) groups excluding carboxylic acids is 2. The van der Waals surface area contributed by atoms with Crippen molar-refractivity contribution >= 4 is 35.0 Å². The number of likely N-dealkylation sites (N-methyl/N-ethyl adjacent to an activating group) is 1. The molecule has 2 N–H and O–H groups in total. The molecule has 2 unspecified atom stereocenters. The summed E-state index contributed by atoms with van der Waals surface area (Å²) >= 11 is 6.20. The molecule has 1 aromatic carbocycles. The quantitative estimate of drug-likeness (QED) is 0.270. The Labute approximate surface area is 235 Å². The van der Waals surface area contributed by atoms with Gasteiger partial charge >= 0.3 is 6.09 Å². The minimum atomic E-state index is -1.03. The lowest BCUT2D eigenvalue weighted by atomic mass is 9.77. The van der Waals surface area contributed by atoms with Crippen molar-refractivity contribution in [3.63, 3.8) is 0 Å². The number of nitrogens with two attached hydrogens (primary N) is 1. The maximum Gasteiger partial charge on any atom is 0.415 e. The van der Waals surface area contributed by atoms with E-state index in [1.54, 1.807) is 40.0 Å². The molecule has 2 rings (SSSR count). The maximum absolute atomic E-state index is 13.5. The van der Waals surface area contributed by atoms with E-state index in [0.717, 1.165) is 5.57 Å². The van der Waals surface area contributed by atoms with Gasteiger partial charge in [-0.3, -0.25) is 9.69 Å². The number of nitrogens with zero attached hydrogens (tertiary/aromatic N) is 3. The minimum Gasteiger partial charge on any atom is -0.476 e. The molecule has 10 heteroatoms. The monoisotopic (exact) mass is 560 g/mol. The van der Waals surface area contributed by atoms with Gasteiger partial charge in [0.15, 0.2) is 6.10 Å². The van der Waals surface area contributed by atoms with E-state index < -0.39 is 23.2 Å². The molecule has 0 bridgehead atoms. The van der Waals surface area contributed by atoms with Gasteiger partial charge < -0.3 is 20.1 Å². The third-order valence-corrected chi connectivity index (χ3v) is 6.75. The zero-order chi connectivity index (χ0) is 29.5. The largest absolute Gasteiger partial charge is 0.476 e. The summed E-state index contributed by atoms with van der Waals surface area (Å²) in [7, 11) is 1.62. The van der Waals surface area contributed by atoms with E-state index in [0.29, 0.717) is 24.9 Å². The predicted molar refractivity (Wildman–Crippen MR) is 152 cm³/mol. The number of nitriles is 1. The Morgan fingerprint density at radius 2 is 2.05 bits per heavy atom. The van der Waals surface area contributed by atoms with Crippen LogP contribution in [0.4, 0.5) is 20.6 Å². The molecule has 0 aromatic heterocycles. The minimum absolute atomic E-state index is 0.0965.